The van der Waals surface area contributed by atoms with E-state index in [1.54, 1.807) is 11.9 Å². The van der Waals surface area contributed by atoms with Crippen molar-refractivity contribution in [3.8, 4) is 0 Å². The van der Waals surface area contributed by atoms with Crippen LogP contribution < -0.4 is 10.6 Å². The fourth-order valence-electron chi connectivity index (χ4n) is 3.28. The second kappa shape index (κ2) is 6.32. The van der Waals surface area contributed by atoms with Crippen molar-refractivity contribution in [1.82, 2.24) is 15.5 Å². The van der Waals surface area contributed by atoms with Gasteiger partial charge in [-0.3, -0.25) is 9.59 Å². The Morgan fingerprint density at radius 3 is 2.62 bits per heavy atom. The number of carbonyl (C=O) groups excluding carboxylic acids is 2. The maximum atomic E-state index is 12.1. The van der Waals surface area contributed by atoms with Gasteiger partial charge in [0.05, 0.1) is 12.0 Å². The number of rotatable bonds is 4. The molecule has 1 unspecified atom stereocenters. The first-order chi connectivity index (χ1) is 9.90. The van der Waals surface area contributed by atoms with Crippen molar-refractivity contribution in [1.29, 1.82) is 0 Å². The monoisotopic (exact) mass is 297 g/mol. The Bertz CT molecular complexity index is 432. The van der Waals surface area contributed by atoms with Crippen molar-refractivity contribution in [2.75, 3.05) is 13.6 Å². The second-order valence-corrected chi connectivity index (χ2v) is 6.17. The highest BCUT2D eigenvalue weighted by atomic mass is 16.4. The largest absolute Gasteiger partial charge is 0.481 e. The van der Waals surface area contributed by atoms with Crippen LogP contribution in [0.25, 0.3) is 0 Å². The maximum Gasteiger partial charge on any atom is 0.315 e. The molecule has 3 amide bonds. The summed E-state index contributed by atoms with van der Waals surface area (Å²) in [5.41, 5.74) is -0.619. The number of piperidine rings is 1. The minimum absolute atomic E-state index is 0.0382. The summed E-state index contributed by atoms with van der Waals surface area (Å²) >= 11 is 0. The molecule has 3 N–H and O–H groups in total. The van der Waals surface area contributed by atoms with E-state index in [2.05, 4.69) is 10.6 Å². The maximum absolute atomic E-state index is 12.1. The number of nitrogens with zero attached hydrogens (tertiary/aromatic N) is 1. The molecule has 0 aromatic rings. The average molecular weight is 297 g/mol. The SMILES string of the molecule is CN1CC(NC(=O)NC2(CC(=O)O)CCCC2)CCC1=O. The summed E-state index contributed by atoms with van der Waals surface area (Å²) < 4.78 is 0. The van der Waals surface area contributed by atoms with Gasteiger partial charge in [0.2, 0.25) is 5.91 Å². The number of aliphatic carboxylic acids is 1. The highest BCUT2D eigenvalue weighted by Gasteiger charge is 2.38. The molecule has 0 aromatic carbocycles. The van der Waals surface area contributed by atoms with Gasteiger partial charge in [0.15, 0.2) is 0 Å². The minimum atomic E-state index is -0.889. The number of urea groups is 1. The summed E-state index contributed by atoms with van der Waals surface area (Å²) in [5, 5.41) is 14.7. The number of carboxylic acid groups (broad SMARTS) is 1. The molecule has 7 nitrogen and oxygen atoms in total. The number of likely N-dealkylation sites (tertiary alicyclic amines) is 1. The van der Waals surface area contributed by atoms with Crippen molar-refractivity contribution in [3.05, 3.63) is 0 Å². The zero-order chi connectivity index (χ0) is 15.5. The Labute approximate surface area is 124 Å². The van der Waals surface area contributed by atoms with Gasteiger partial charge in [-0.15, -0.1) is 0 Å². The minimum Gasteiger partial charge on any atom is -0.481 e. The number of likely N-dealkylation sites (N-methyl/N-ethyl adjacent to an activating group) is 1. The Kier molecular flexibility index (Phi) is 4.69. The zero-order valence-electron chi connectivity index (χ0n) is 12.4. The van der Waals surface area contributed by atoms with Crippen LogP contribution in [0.15, 0.2) is 0 Å². The summed E-state index contributed by atoms with van der Waals surface area (Å²) in [5.74, 6) is -0.799. The molecule has 7 heteroatoms. The van der Waals surface area contributed by atoms with E-state index in [0.29, 0.717) is 32.2 Å². The third-order valence-electron chi connectivity index (χ3n) is 4.39. The second-order valence-electron chi connectivity index (χ2n) is 6.17. The fourth-order valence-corrected chi connectivity index (χ4v) is 3.28. The van der Waals surface area contributed by atoms with Gasteiger partial charge >= 0.3 is 12.0 Å². The molecule has 1 saturated carbocycles. The van der Waals surface area contributed by atoms with Crippen molar-refractivity contribution < 1.29 is 19.5 Å². The van der Waals surface area contributed by atoms with Gasteiger partial charge in [-0.25, -0.2) is 4.79 Å². The van der Waals surface area contributed by atoms with Crippen molar-refractivity contribution in [3.63, 3.8) is 0 Å². The van der Waals surface area contributed by atoms with Crippen LogP contribution in [-0.2, 0) is 9.59 Å². The van der Waals surface area contributed by atoms with Gasteiger partial charge in [-0.1, -0.05) is 12.8 Å². The lowest BCUT2D eigenvalue weighted by Crippen LogP contribution is -2.56. The summed E-state index contributed by atoms with van der Waals surface area (Å²) in [6.07, 6.45) is 4.31. The van der Waals surface area contributed by atoms with E-state index in [1.165, 1.54) is 0 Å². The van der Waals surface area contributed by atoms with Gasteiger partial charge < -0.3 is 20.6 Å². The van der Waals surface area contributed by atoms with E-state index >= 15 is 0 Å². The number of nitrogens with one attached hydrogen (secondary N) is 2. The molecule has 0 radical (unpaired) electrons. The van der Waals surface area contributed by atoms with Gasteiger partial charge in [-0.2, -0.15) is 0 Å². The van der Waals surface area contributed by atoms with Crippen LogP contribution >= 0.6 is 0 Å². The molecule has 2 aliphatic rings. The van der Waals surface area contributed by atoms with Crippen LogP contribution in [0.3, 0.4) is 0 Å². The third kappa shape index (κ3) is 4.09. The molecule has 0 bridgehead atoms. The number of amides is 3. The molecule has 1 saturated heterocycles. The number of hydrogen-bond donors (Lipinski definition) is 3. The van der Waals surface area contributed by atoms with Crippen LogP contribution in [0.4, 0.5) is 4.79 Å². The highest BCUT2D eigenvalue weighted by molar-refractivity contribution is 5.79. The van der Waals surface area contributed by atoms with Gasteiger partial charge in [-0.05, 0) is 19.3 Å². The normalized spacial score (nSPS) is 24.7. The van der Waals surface area contributed by atoms with E-state index < -0.39 is 11.5 Å². The molecular formula is C14H23N3O4. The molecule has 1 heterocycles. The lowest BCUT2D eigenvalue weighted by atomic mass is 9.93. The first kappa shape index (κ1) is 15.6. The third-order valence-corrected chi connectivity index (χ3v) is 4.39. The van der Waals surface area contributed by atoms with Gasteiger partial charge in [0.25, 0.3) is 0 Å². The van der Waals surface area contributed by atoms with E-state index in [4.69, 9.17) is 5.11 Å². The zero-order valence-corrected chi connectivity index (χ0v) is 12.4. The van der Waals surface area contributed by atoms with Crippen LogP contribution in [0.1, 0.15) is 44.9 Å². The summed E-state index contributed by atoms with van der Waals surface area (Å²) in [6, 6.07) is -0.401. The van der Waals surface area contributed by atoms with Crippen LogP contribution in [0, 0.1) is 0 Å². The molecule has 1 aliphatic heterocycles. The van der Waals surface area contributed by atoms with Crippen molar-refractivity contribution >= 4 is 17.9 Å². The number of carbonyl (C=O) groups is 3. The lowest BCUT2D eigenvalue weighted by molar-refractivity contribution is -0.138. The first-order valence-electron chi connectivity index (χ1n) is 7.45. The fraction of sp³-hybridized carbons (Fsp3) is 0.786. The molecule has 0 spiro atoms. The predicted molar refractivity (Wildman–Crippen MR) is 75.8 cm³/mol. The Hall–Kier alpha value is -1.79. The smallest absolute Gasteiger partial charge is 0.315 e. The summed E-state index contributed by atoms with van der Waals surface area (Å²) in [4.78, 5) is 36.1. The average Bonchev–Trinajstić information content (AvgIpc) is 2.80. The van der Waals surface area contributed by atoms with Gasteiger partial charge in [0.1, 0.15) is 0 Å². The summed E-state index contributed by atoms with van der Waals surface area (Å²) in [6.45, 7) is 0.498. The molecule has 0 aromatic heterocycles. The number of hydrogen-bond acceptors (Lipinski definition) is 3. The first-order valence-corrected chi connectivity index (χ1v) is 7.45. The molecule has 2 rings (SSSR count). The van der Waals surface area contributed by atoms with E-state index in [1.807, 2.05) is 0 Å². The Morgan fingerprint density at radius 1 is 1.38 bits per heavy atom. The Morgan fingerprint density at radius 2 is 2.05 bits per heavy atom. The van der Waals surface area contributed by atoms with Crippen molar-refractivity contribution in [2.45, 2.75) is 56.5 Å². The topological polar surface area (TPSA) is 98.7 Å². The molecule has 2 fully saturated rings. The van der Waals surface area contributed by atoms with Gasteiger partial charge in [0, 0.05) is 26.1 Å². The van der Waals surface area contributed by atoms with E-state index in [0.717, 1.165) is 12.8 Å². The quantitative estimate of drug-likeness (QED) is 0.711. The lowest BCUT2D eigenvalue weighted by Gasteiger charge is -2.33. The molecule has 1 atom stereocenters. The summed E-state index contributed by atoms with van der Waals surface area (Å²) in [7, 11) is 1.72. The van der Waals surface area contributed by atoms with Crippen LogP contribution in [0.2, 0.25) is 0 Å². The highest BCUT2D eigenvalue weighted by Crippen LogP contribution is 2.32. The van der Waals surface area contributed by atoms with E-state index in [-0.39, 0.29) is 24.4 Å². The number of carboxylic acids is 1. The van der Waals surface area contributed by atoms with E-state index in [9.17, 15) is 14.4 Å². The molecule has 118 valence electrons. The Balaban J connectivity index is 1.88. The standard InChI is InChI=1S/C14H23N3O4/c1-17-9-10(4-5-11(17)18)15-13(21)16-14(8-12(19)20)6-2-3-7-14/h10H,2-9H2,1H3,(H,19,20)(H2,15,16,21). The molecular weight excluding hydrogens is 274 g/mol. The predicted octanol–water partition coefficient (Wildman–Crippen LogP) is 0.694. The molecule has 21 heavy (non-hydrogen) atoms. The van der Waals surface area contributed by atoms with Crippen LogP contribution in [-0.4, -0.2) is 53.1 Å². The van der Waals surface area contributed by atoms with Crippen LogP contribution in [0.5, 0.6) is 0 Å². The van der Waals surface area contributed by atoms with Crippen molar-refractivity contribution in [2.24, 2.45) is 0 Å². The molecule has 1 aliphatic carbocycles.